The molecule has 2 atom stereocenters. The van der Waals surface area contributed by atoms with E-state index in [4.69, 9.17) is 4.74 Å². The molecule has 1 aromatic heterocycles. The number of pyridine rings is 1. The Morgan fingerprint density at radius 2 is 2.20 bits per heavy atom. The second kappa shape index (κ2) is 4.08. The van der Waals surface area contributed by atoms with Crippen molar-refractivity contribution in [3.8, 4) is 0 Å². The standard InChI is InChI=1S/C10H10N2O3/c1-14-10(13)8-9(15-6-12-8)7-2-4-11-5-3-7/h2-6,8-9H,1H3/t8-,9-/m1/s1. The number of esters is 1. The summed E-state index contributed by atoms with van der Waals surface area (Å²) in [6, 6.07) is 2.96. The second-order valence-corrected chi connectivity index (χ2v) is 3.06. The van der Waals surface area contributed by atoms with E-state index in [1.807, 2.05) is 0 Å². The van der Waals surface area contributed by atoms with E-state index in [0.29, 0.717) is 0 Å². The highest BCUT2D eigenvalue weighted by atomic mass is 16.5. The molecule has 0 saturated heterocycles. The molecule has 1 aliphatic rings. The number of aromatic nitrogens is 1. The van der Waals surface area contributed by atoms with Gasteiger partial charge in [-0.25, -0.2) is 9.79 Å². The molecule has 78 valence electrons. The number of methoxy groups -OCH3 is 1. The highest BCUT2D eigenvalue weighted by molar-refractivity contribution is 5.80. The number of nitrogens with zero attached hydrogens (tertiary/aromatic N) is 2. The summed E-state index contributed by atoms with van der Waals surface area (Å²) < 4.78 is 9.89. The van der Waals surface area contributed by atoms with Gasteiger partial charge in [0, 0.05) is 12.4 Å². The number of hydrogen-bond donors (Lipinski definition) is 0. The summed E-state index contributed by atoms with van der Waals surface area (Å²) in [5.41, 5.74) is 0.859. The Labute approximate surface area is 86.8 Å². The minimum atomic E-state index is -0.614. The van der Waals surface area contributed by atoms with Crippen LogP contribution in [0.2, 0.25) is 0 Å². The van der Waals surface area contributed by atoms with E-state index in [9.17, 15) is 4.79 Å². The van der Waals surface area contributed by atoms with E-state index >= 15 is 0 Å². The lowest BCUT2D eigenvalue weighted by Crippen LogP contribution is -2.25. The van der Waals surface area contributed by atoms with Crippen molar-refractivity contribution in [1.29, 1.82) is 0 Å². The Hall–Kier alpha value is -1.91. The van der Waals surface area contributed by atoms with Crippen molar-refractivity contribution in [1.82, 2.24) is 4.98 Å². The lowest BCUT2D eigenvalue weighted by molar-refractivity contribution is -0.143. The van der Waals surface area contributed by atoms with E-state index < -0.39 is 18.1 Å². The number of carbonyl (C=O) groups excluding carboxylic acids is 1. The van der Waals surface area contributed by atoms with Gasteiger partial charge in [-0.3, -0.25) is 4.98 Å². The lowest BCUT2D eigenvalue weighted by Gasteiger charge is -2.14. The van der Waals surface area contributed by atoms with Crippen LogP contribution in [0.5, 0.6) is 0 Å². The van der Waals surface area contributed by atoms with Gasteiger partial charge >= 0.3 is 5.97 Å². The van der Waals surface area contributed by atoms with Crippen molar-refractivity contribution in [3.05, 3.63) is 30.1 Å². The van der Waals surface area contributed by atoms with Crippen molar-refractivity contribution < 1.29 is 14.3 Å². The third kappa shape index (κ3) is 1.81. The van der Waals surface area contributed by atoms with Gasteiger partial charge in [0.05, 0.1) is 7.11 Å². The molecule has 0 unspecified atom stereocenters. The van der Waals surface area contributed by atoms with Crippen molar-refractivity contribution in [2.75, 3.05) is 7.11 Å². The summed E-state index contributed by atoms with van der Waals surface area (Å²) in [4.78, 5) is 19.2. The van der Waals surface area contributed by atoms with Crippen LogP contribution in [0, 0.1) is 0 Å². The first kappa shape index (κ1) is 9.64. The minimum absolute atomic E-state index is 0.398. The first-order chi connectivity index (χ1) is 7.33. The molecule has 5 heteroatoms. The molecular formula is C10H10N2O3. The first-order valence-electron chi connectivity index (χ1n) is 4.48. The van der Waals surface area contributed by atoms with Crippen LogP contribution in [0.25, 0.3) is 0 Å². The molecule has 5 nitrogen and oxygen atoms in total. The van der Waals surface area contributed by atoms with E-state index in [0.717, 1.165) is 5.56 Å². The number of hydrogen-bond acceptors (Lipinski definition) is 5. The quantitative estimate of drug-likeness (QED) is 0.669. The SMILES string of the molecule is COC(=O)[C@@H]1N=CO[C@@H]1c1ccncc1. The highest BCUT2D eigenvalue weighted by Crippen LogP contribution is 2.26. The summed E-state index contributed by atoms with van der Waals surface area (Å²) >= 11 is 0. The molecule has 2 heterocycles. The van der Waals surface area contributed by atoms with Gasteiger partial charge in [-0.1, -0.05) is 0 Å². The Kier molecular flexibility index (Phi) is 2.62. The summed E-state index contributed by atoms with van der Waals surface area (Å²) in [6.45, 7) is 0. The molecule has 2 rings (SSSR count). The second-order valence-electron chi connectivity index (χ2n) is 3.06. The zero-order valence-corrected chi connectivity index (χ0v) is 8.16. The molecule has 15 heavy (non-hydrogen) atoms. The number of rotatable bonds is 2. The maximum absolute atomic E-state index is 11.4. The third-order valence-corrected chi connectivity index (χ3v) is 2.19. The van der Waals surface area contributed by atoms with Gasteiger partial charge in [-0.2, -0.15) is 0 Å². The molecule has 1 aromatic rings. The fourth-order valence-corrected chi connectivity index (χ4v) is 1.44. The van der Waals surface area contributed by atoms with Gasteiger partial charge in [0.15, 0.2) is 18.5 Å². The number of carbonyl (C=O) groups is 1. The smallest absolute Gasteiger partial charge is 0.334 e. The zero-order chi connectivity index (χ0) is 10.7. The van der Waals surface area contributed by atoms with Gasteiger partial charge in [0.2, 0.25) is 0 Å². The van der Waals surface area contributed by atoms with Gasteiger partial charge in [-0.05, 0) is 17.7 Å². The minimum Gasteiger partial charge on any atom is -0.473 e. The van der Waals surface area contributed by atoms with E-state index in [-0.39, 0.29) is 0 Å². The molecule has 0 saturated carbocycles. The highest BCUT2D eigenvalue weighted by Gasteiger charge is 2.34. The topological polar surface area (TPSA) is 60.8 Å². The van der Waals surface area contributed by atoms with E-state index in [2.05, 4.69) is 14.7 Å². The van der Waals surface area contributed by atoms with Crippen molar-refractivity contribution in [2.45, 2.75) is 12.1 Å². The summed E-state index contributed by atoms with van der Waals surface area (Å²) in [5, 5.41) is 0. The Morgan fingerprint density at radius 1 is 1.47 bits per heavy atom. The van der Waals surface area contributed by atoms with Crippen LogP contribution >= 0.6 is 0 Å². The van der Waals surface area contributed by atoms with Crippen LogP contribution in [0.4, 0.5) is 0 Å². The molecule has 0 N–H and O–H groups in total. The van der Waals surface area contributed by atoms with Crippen molar-refractivity contribution >= 4 is 12.4 Å². The van der Waals surface area contributed by atoms with Crippen LogP contribution in [0.15, 0.2) is 29.5 Å². The Balaban J connectivity index is 2.21. The van der Waals surface area contributed by atoms with Gasteiger partial charge in [0.25, 0.3) is 0 Å². The van der Waals surface area contributed by atoms with E-state index in [1.54, 1.807) is 24.5 Å². The summed E-state index contributed by atoms with van der Waals surface area (Å²) in [7, 11) is 1.33. The van der Waals surface area contributed by atoms with Crippen molar-refractivity contribution in [2.24, 2.45) is 4.99 Å². The van der Waals surface area contributed by atoms with Crippen LogP contribution in [-0.4, -0.2) is 30.5 Å². The fourth-order valence-electron chi connectivity index (χ4n) is 1.44. The fraction of sp³-hybridized carbons (Fsp3) is 0.300. The third-order valence-electron chi connectivity index (χ3n) is 2.19. The Bertz CT molecular complexity index is 378. The Morgan fingerprint density at radius 3 is 2.87 bits per heavy atom. The maximum atomic E-state index is 11.4. The zero-order valence-electron chi connectivity index (χ0n) is 8.16. The largest absolute Gasteiger partial charge is 0.473 e. The van der Waals surface area contributed by atoms with Gasteiger partial charge in [-0.15, -0.1) is 0 Å². The van der Waals surface area contributed by atoms with Crippen LogP contribution in [0.3, 0.4) is 0 Å². The van der Waals surface area contributed by atoms with E-state index in [1.165, 1.54) is 13.5 Å². The molecule has 0 aliphatic carbocycles. The lowest BCUT2D eigenvalue weighted by atomic mass is 10.0. The van der Waals surface area contributed by atoms with Crippen LogP contribution in [0.1, 0.15) is 11.7 Å². The normalized spacial score (nSPS) is 23.5. The predicted molar refractivity (Wildman–Crippen MR) is 52.4 cm³/mol. The summed E-state index contributed by atoms with van der Waals surface area (Å²) in [5.74, 6) is -0.398. The first-order valence-corrected chi connectivity index (χ1v) is 4.48. The average molecular weight is 206 g/mol. The molecule has 0 fully saturated rings. The van der Waals surface area contributed by atoms with Crippen LogP contribution < -0.4 is 0 Å². The van der Waals surface area contributed by atoms with Gasteiger partial charge in [0.1, 0.15) is 0 Å². The maximum Gasteiger partial charge on any atom is 0.334 e. The molecule has 0 aromatic carbocycles. The molecular weight excluding hydrogens is 196 g/mol. The molecule has 0 radical (unpaired) electrons. The van der Waals surface area contributed by atoms with Gasteiger partial charge < -0.3 is 9.47 Å². The molecule has 0 amide bonds. The van der Waals surface area contributed by atoms with Crippen molar-refractivity contribution in [3.63, 3.8) is 0 Å². The molecule has 0 bridgehead atoms. The molecule has 0 spiro atoms. The molecule has 1 aliphatic heterocycles. The number of ether oxygens (including phenoxy) is 2. The summed E-state index contributed by atoms with van der Waals surface area (Å²) in [6.07, 6.45) is 4.17. The monoisotopic (exact) mass is 206 g/mol. The predicted octanol–water partition coefficient (Wildman–Crippen LogP) is 0.723. The number of aliphatic imine (C=N–C) groups is 1. The van der Waals surface area contributed by atoms with Crippen LogP contribution in [-0.2, 0) is 14.3 Å². The average Bonchev–Trinajstić information content (AvgIpc) is 2.78.